The van der Waals surface area contributed by atoms with Crippen LogP contribution < -0.4 is 4.74 Å². The Bertz CT molecular complexity index is 550. The minimum atomic E-state index is -0.615. The molecule has 3 rings (SSSR count). The number of fused-ring (bicyclic) bond motifs is 1. The highest BCUT2D eigenvalue weighted by Gasteiger charge is 2.42. The molecule has 0 aliphatic heterocycles. The average molecular weight is 216 g/mol. The standard InChI is InChI=1S/C12H12N2O2/c1-16-11-7-13-10-6-8(12(15)4-5-12)2-3-9(10)14-11/h2-3,6-7,15H,4-5H2,1H3. The molecule has 4 nitrogen and oxygen atoms in total. The SMILES string of the molecule is COc1cnc2cc(C3(O)CC3)ccc2n1. The number of hydrogen-bond acceptors (Lipinski definition) is 4. The summed E-state index contributed by atoms with van der Waals surface area (Å²) >= 11 is 0. The number of aliphatic hydroxyl groups is 1. The highest BCUT2D eigenvalue weighted by molar-refractivity contribution is 5.75. The molecule has 0 radical (unpaired) electrons. The molecule has 1 N–H and O–H groups in total. The van der Waals surface area contributed by atoms with Gasteiger partial charge < -0.3 is 9.84 Å². The van der Waals surface area contributed by atoms with E-state index >= 15 is 0 Å². The van der Waals surface area contributed by atoms with Gasteiger partial charge in [-0.1, -0.05) is 6.07 Å². The van der Waals surface area contributed by atoms with Crippen LogP contribution in [0.1, 0.15) is 18.4 Å². The van der Waals surface area contributed by atoms with Crippen molar-refractivity contribution in [1.29, 1.82) is 0 Å². The predicted octanol–water partition coefficient (Wildman–Crippen LogP) is 1.62. The van der Waals surface area contributed by atoms with Gasteiger partial charge in [-0.05, 0) is 30.5 Å². The number of hydrogen-bond donors (Lipinski definition) is 1. The van der Waals surface area contributed by atoms with Gasteiger partial charge in [0.15, 0.2) is 0 Å². The van der Waals surface area contributed by atoms with Crippen LogP contribution >= 0.6 is 0 Å². The number of rotatable bonds is 2. The Hall–Kier alpha value is -1.68. The van der Waals surface area contributed by atoms with Gasteiger partial charge in [0.1, 0.15) is 0 Å². The lowest BCUT2D eigenvalue weighted by molar-refractivity contribution is 0.151. The van der Waals surface area contributed by atoms with Gasteiger partial charge in [-0.2, -0.15) is 0 Å². The van der Waals surface area contributed by atoms with Gasteiger partial charge in [0.2, 0.25) is 5.88 Å². The van der Waals surface area contributed by atoms with Gasteiger partial charge in [-0.15, -0.1) is 0 Å². The molecule has 1 aliphatic rings. The molecule has 0 amide bonds. The zero-order valence-corrected chi connectivity index (χ0v) is 8.97. The first-order valence-electron chi connectivity index (χ1n) is 5.25. The molecule has 2 aromatic rings. The van der Waals surface area contributed by atoms with Crippen molar-refractivity contribution in [2.75, 3.05) is 7.11 Å². The molecule has 0 unspecified atom stereocenters. The van der Waals surface area contributed by atoms with E-state index in [2.05, 4.69) is 9.97 Å². The molecule has 16 heavy (non-hydrogen) atoms. The first-order valence-corrected chi connectivity index (χ1v) is 5.25. The van der Waals surface area contributed by atoms with Crippen LogP contribution in [0.2, 0.25) is 0 Å². The molecule has 0 bridgehead atoms. The Morgan fingerprint density at radius 2 is 2.12 bits per heavy atom. The summed E-state index contributed by atoms with van der Waals surface area (Å²) in [5, 5.41) is 9.99. The topological polar surface area (TPSA) is 55.2 Å². The summed E-state index contributed by atoms with van der Waals surface area (Å²) in [5.41, 5.74) is 1.89. The lowest BCUT2D eigenvalue weighted by atomic mass is 10.1. The van der Waals surface area contributed by atoms with Gasteiger partial charge >= 0.3 is 0 Å². The number of aromatic nitrogens is 2. The van der Waals surface area contributed by atoms with Crippen LogP contribution in [0.4, 0.5) is 0 Å². The van der Waals surface area contributed by atoms with Crippen molar-refractivity contribution < 1.29 is 9.84 Å². The molecular formula is C12H12N2O2. The monoisotopic (exact) mass is 216 g/mol. The van der Waals surface area contributed by atoms with Crippen molar-refractivity contribution in [1.82, 2.24) is 9.97 Å². The van der Waals surface area contributed by atoms with Gasteiger partial charge in [0.25, 0.3) is 0 Å². The molecular weight excluding hydrogens is 204 g/mol. The van der Waals surface area contributed by atoms with Crippen molar-refractivity contribution in [3.05, 3.63) is 30.0 Å². The van der Waals surface area contributed by atoms with Gasteiger partial charge in [0, 0.05) is 0 Å². The van der Waals surface area contributed by atoms with E-state index < -0.39 is 5.60 Å². The summed E-state index contributed by atoms with van der Waals surface area (Å²) in [5.74, 6) is 0.505. The summed E-state index contributed by atoms with van der Waals surface area (Å²) in [6.07, 6.45) is 3.26. The minimum absolute atomic E-state index is 0.505. The van der Waals surface area contributed by atoms with Crippen LogP contribution in [-0.2, 0) is 5.60 Å². The molecule has 0 saturated heterocycles. The Morgan fingerprint density at radius 3 is 2.81 bits per heavy atom. The molecule has 1 saturated carbocycles. The summed E-state index contributed by atoms with van der Waals surface area (Å²) in [6.45, 7) is 0. The molecule has 1 aromatic carbocycles. The maximum absolute atomic E-state index is 9.99. The molecule has 0 atom stereocenters. The lowest BCUT2D eigenvalue weighted by Crippen LogP contribution is -2.04. The van der Waals surface area contributed by atoms with Crippen molar-refractivity contribution in [3.63, 3.8) is 0 Å². The number of benzene rings is 1. The number of methoxy groups -OCH3 is 1. The van der Waals surface area contributed by atoms with Crippen LogP contribution in [0.25, 0.3) is 11.0 Å². The Kier molecular flexibility index (Phi) is 1.88. The van der Waals surface area contributed by atoms with Crippen molar-refractivity contribution in [2.45, 2.75) is 18.4 Å². The molecule has 1 fully saturated rings. The van der Waals surface area contributed by atoms with E-state index in [9.17, 15) is 5.11 Å². The molecule has 0 spiro atoms. The Balaban J connectivity index is 2.12. The normalized spacial score (nSPS) is 17.4. The molecule has 1 heterocycles. The van der Waals surface area contributed by atoms with E-state index in [0.717, 1.165) is 29.4 Å². The smallest absolute Gasteiger partial charge is 0.232 e. The molecule has 82 valence electrons. The van der Waals surface area contributed by atoms with Crippen LogP contribution in [0.3, 0.4) is 0 Å². The average Bonchev–Trinajstić information content (AvgIpc) is 3.07. The second kappa shape index (κ2) is 3.15. The maximum Gasteiger partial charge on any atom is 0.232 e. The van der Waals surface area contributed by atoms with Crippen LogP contribution in [0.15, 0.2) is 24.4 Å². The Morgan fingerprint density at radius 1 is 1.31 bits per heavy atom. The van der Waals surface area contributed by atoms with Crippen LogP contribution in [0, 0.1) is 0 Å². The summed E-state index contributed by atoms with van der Waals surface area (Å²) in [4.78, 5) is 8.53. The quantitative estimate of drug-likeness (QED) is 0.828. The van der Waals surface area contributed by atoms with Gasteiger partial charge in [-0.25, -0.2) is 9.97 Å². The zero-order chi connectivity index (χ0) is 11.2. The van der Waals surface area contributed by atoms with E-state index in [1.807, 2.05) is 18.2 Å². The van der Waals surface area contributed by atoms with Gasteiger partial charge in [0.05, 0.1) is 29.9 Å². The van der Waals surface area contributed by atoms with Crippen molar-refractivity contribution in [3.8, 4) is 5.88 Å². The molecule has 4 heteroatoms. The second-order valence-electron chi connectivity index (χ2n) is 4.15. The zero-order valence-electron chi connectivity index (χ0n) is 8.97. The van der Waals surface area contributed by atoms with Crippen molar-refractivity contribution in [2.24, 2.45) is 0 Å². The number of nitrogens with zero attached hydrogens (tertiary/aromatic N) is 2. The lowest BCUT2D eigenvalue weighted by Gasteiger charge is -2.08. The van der Waals surface area contributed by atoms with E-state index in [-0.39, 0.29) is 0 Å². The van der Waals surface area contributed by atoms with Gasteiger partial charge in [-0.3, -0.25) is 0 Å². The third-order valence-electron chi connectivity index (χ3n) is 2.99. The first-order chi connectivity index (χ1) is 7.71. The van der Waals surface area contributed by atoms with Crippen LogP contribution in [0.5, 0.6) is 5.88 Å². The fourth-order valence-corrected chi connectivity index (χ4v) is 1.79. The molecule has 1 aliphatic carbocycles. The summed E-state index contributed by atoms with van der Waals surface area (Å²) < 4.78 is 5.01. The van der Waals surface area contributed by atoms with Crippen molar-refractivity contribution >= 4 is 11.0 Å². The first kappa shape index (κ1) is 9.54. The maximum atomic E-state index is 9.99. The largest absolute Gasteiger partial charge is 0.480 e. The highest BCUT2D eigenvalue weighted by Crippen LogP contribution is 2.45. The second-order valence-corrected chi connectivity index (χ2v) is 4.15. The third-order valence-corrected chi connectivity index (χ3v) is 2.99. The van der Waals surface area contributed by atoms with E-state index in [1.54, 1.807) is 13.3 Å². The van der Waals surface area contributed by atoms with E-state index in [1.165, 1.54) is 0 Å². The Labute approximate surface area is 92.9 Å². The van der Waals surface area contributed by atoms with E-state index in [0.29, 0.717) is 5.88 Å². The van der Waals surface area contributed by atoms with Crippen LogP contribution in [-0.4, -0.2) is 22.2 Å². The minimum Gasteiger partial charge on any atom is -0.480 e. The fraction of sp³-hybridized carbons (Fsp3) is 0.333. The molecule has 1 aromatic heterocycles. The fourth-order valence-electron chi connectivity index (χ4n) is 1.79. The highest BCUT2D eigenvalue weighted by atomic mass is 16.5. The van der Waals surface area contributed by atoms with E-state index in [4.69, 9.17) is 4.74 Å². The number of ether oxygens (including phenoxy) is 1. The predicted molar refractivity (Wildman–Crippen MR) is 59.2 cm³/mol. The summed E-state index contributed by atoms with van der Waals surface area (Å²) in [7, 11) is 1.57. The third kappa shape index (κ3) is 1.42. The summed E-state index contributed by atoms with van der Waals surface area (Å²) in [6, 6.07) is 5.68.